The zero-order valence-corrected chi connectivity index (χ0v) is 22.5. The van der Waals surface area contributed by atoms with E-state index >= 15 is 0 Å². The van der Waals surface area contributed by atoms with Crippen LogP contribution in [0.2, 0.25) is 10.0 Å². The van der Waals surface area contributed by atoms with Gasteiger partial charge in [-0.05, 0) is 80.6 Å². The fraction of sp³-hybridized carbons (Fsp3) is 0.379. The quantitative estimate of drug-likeness (QED) is 0.324. The minimum absolute atomic E-state index is 0.0337. The summed E-state index contributed by atoms with van der Waals surface area (Å²) in [6.45, 7) is 1.90. The summed E-state index contributed by atoms with van der Waals surface area (Å²) in [5.74, 6) is 5.41. The molecule has 1 fully saturated rings. The Morgan fingerprint density at radius 1 is 1.21 bits per heavy atom. The molecule has 0 aliphatic carbocycles. The third-order valence-corrected chi connectivity index (χ3v) is 7.84. The molecule has 6 nitrogen and oxygen atoms in total. The van der Waals surface area contributed by atoms with Gasteiger partial charge in [0.1, 0.15) is 11.6 Å². The van der Waals surface area contributed by atoms with Gasteiger partial charge in [0.15, 0.2) is 0 Å². The van der Waals surface area contributed by atoms with Crippen LogP contribution in [0.1, 0.15) is 49.3 Å². The number of aliphatic carboxylic acids is 1. The van der Waals surface area contributed by atoms with E-state index in [-0.39, 0.29) is 11.4 Å². The molecule has 2 N–H and O–H groups in total. The number of aromatic nitrogens is 1. The molecule has 2 aromatic carbocycles. The second-order valence-electron chi connectivity index (χ2n) is 9.73. The molecule has 0 amide bonds. The molecule has 200 valence electrons. The number of aliphatic hydroxyl groups excluding tert-OH is 1. The number of piperidine rings is 1. The maximum atomic E-state index is 13.3. The highest BCUT2D eigenvalue weighted by atomic mass is 35.5. The Hall–Kier alpha value is -2.89. The van der Waals surface area contributed by atoms with Gasteiger partial charge in [0.2, 0.25) is 0 Å². The molecule has 1 aliphatic rings. The topological polar surface area (TPSA) is 82.9 Å². The lowest BCUT2D eigenvalue weighted by Gasteiger charge is -2.41. The zero-order valence-electron chi connectivity index (χ0n) is 21.0. The van der Waals surface area contributed by atoms with E-state index in [1.165, 1.54) is 18.3 Å². The van der Waals surface area contributed by atoms with Crippen LogP contribution in [-0.2, 0) is 4.79 Å². The first-order valence-electron chi connectivity index (χ1n) is 12.4. The number of halogens is 3. The van der Waals surface area contributed by atoms with Crippen LogP contribution >= 0.6 is 23.2 Å². The first kappa shape index (κ1) is 28.1. The van der Waals surface area contributed by atoms with Crippen molar-refractivity contribution < 1.29 is 24.1 Å². The number of hydrogen-bond acceptors (Lipinski definition) is 5. The maximum Gasteiger partial charge on any atom is 0.303 e. The highest BCUT2D eigenvalue weighted by Crippen LogP contribution is 2.43. The fourth-order valence-corrected chi connectivity index (χ4v) is 5.53. The van der Waals surface area contributed by atoms with Crippen LogP contribution in [-0.4, -0.2) is 52.8 Å². The molecule has 4 rings (SSSR count). The molecule has 0 bridgehead atoms. The summed E-state index contributed by atoms with van der Waals surface area (Å²) in [7, 11) is 1.57. The van der Waals surface area contributed by atoms with Crippen LogP contribution in [0.4, 0.5) is 4.39 Å². The average molecular weight is 559 g/mol. The van der Waals surface area contributed by atoms with E-state index in [2.05, 4.69) is 21.7 Å². The second-order valence-corrected chi connectivity index (χ2v) is 10.5. The van der Waals surface area contributed by atoms with Crippen LogP contribution < -0.4 is 4.74 Å². The Morgan fingerprint density at radius 3 is 2.66 bits per heavy atom. The number of carboxylic acids is 1. The van der Waals surface area contributed by atoms with Gasteiger partial charge in [0, 0.05) is 22.7 Å². The Morgan fingerprint density at radius 2 is 1.97 bits per heavy atom. The van der Waals surface area contributed by atoms with Crippen molar-refractivity contribution in [3.05, 3.63) is 69.6 Å². The van der Waals surface area contributed by atoms with Gasteiger partial charge >= 0.3 is 5.97 Å². The van der Waals surface area contributed by atoms with E-state index < -0.39 is 23.3 Å². The van der Waals surface area contributed by atoms with Gasteiger partial charge in [-0.3, -0.25) is 14.7 Å². The molecule has 0 saturated carbocycles. The third-order valence-electron chi connectivity index (χ3n) is 7.25. The molecule has 3 aromatic rings. The summed E-state index contributed by atoms with van der Waals surface area (Å²) in [6.07, 6.45) is 2.95. The number of pyridine rings is 1. The number of carbonyl (C=O) groups is 1. The van der Waals surface area contributed by atoms with Crippen molar-refractivity contribution in [1.82, 2.24) is 9.88 Å². The lowest BCUT2D eigenvalue weighted by molar-refractivity contribution is -0.141. The molecule has 1 atom stereocenters. The van der Waals surface area contributed by atoms with Gasteiger partial charge < -0.3 is 14.9 Å². The maximum absolute atomic E-state index is 13.3. The molecule has 0 spiro atoms. The van der Waals surface area contributed by atoms with E-state index in [4.69, 9.17) is 27.9 Å². The van der Waals surface area contributed by atoms with Crippen LogP contribution in [0.15, 0.2) is 42.6 Å². The first-order valence-corrected chi connectivity index (χ1v) is 13.1. The average Bonchev–Trinajstić information content (AvgIpc) is 2.90. The minimum atomic E-state index is -0.878. The summed E-state index contributed by atoms with van der Waals surface area (Å²) in [5.41, 5.74) is 1.48. The fourth-order valence-electron chi connectivity index (χ4n) is 5.07. The van der Waals surface area contributed by atoms with E-state index in [1.807, 2.05) is 6.07 Å². The number of likely N-dealkylation sites (tertiary alicyclic amines) is 1. The molecular weight excluding hydrogens is 530 g/mol. The lowest BCUT2D eigenvalue weighted by Crippen LogP contribution is -2.41. The summed E-state index contributed by atoms with van der Waals surface area (Å²) in [6, 6.07) is 9.79. The van der Waals surface area contributed by atoms with Crippen LogP contribution in [0, 0.1) is 23.1 Å². The van der Waals surface area contributed by atoms with Crippen LogP contribution in [0.5, 0.6) is 5.75 Å². The second kappa shape index (κ2) is 12.3. The molecular formula is C29H29Cl2FN2O4. The molecule has 0 unspecified atom stereocenters. The van der Waals surface area contributed by atoms with E-state index in [1.54, 1.807) is 25.3 Å². The highest BCUT2D eigenvalue weighted by molar-refractivity contribution is 6.32. The standard InChI is InChI=1S/C29H29Cl2FN2O4/c1-38-20-5-7-25-21(16-20)28(23(31)18-33-25)26(35)8-9-29(17-27(36)37)10-13-34(14-11-29)12-2-3-19-4-6-24(32)22(30)15-19/h4-7,15-16,18,26,35H,8-14,17H2,1H3,(H,36,37)/t26-/m0/s1. The zero-order chi connectivity index (χ0) is 27.3. The predicted octanol–water partition coefficient (Wildman–Crippen LogP) is 6.11. The number of benzene rings is 2. The predicted molar refractivity (Wildman–Crippen MR) is 146 cm³/mol. The van der Waals surface area contributed by atoms with Crippen LogP contribution in [0.3, 0.4) is 0 Å². The summed E-state index contributed by atoms with van der Waals surface area (Å²) in [4.78, 5) is 18.3. The molecule has 0 radical (unpaired) electrons. The van der Waals surface area contributed by atoms with Crippen molar-refractivity contribution in [2.45, 2.75) is 38.2 Å². The third kappa shape index (κ3) is 6.75. The van der Waals surface area contributed by atoms with Gasteiger partial charge in [-0.25, -0.2) is 4.39 Å². The van der Waals surface area contributed by atoms with Gasteiger partial charge in [-0.1, -0.05) is 35.0 Å². The number of carboxylic acid groups (broad SMARTS) is 1. The van der Waals surface area contributed by atoms with Gasteiger partial charge in [0.25, 0.3) is 0 Å². The summed E-state index contributed by atoms with van der Waals surface area (Å²) < 4.78 is 18.7. The number of hydrogen-bond donors (Lipinski definition) is 2. The Labute approximate surface area is 231 Å². The number of ether oxygens (including phenoxy) is 1. The monoisotopic (exact) mass is 558 g/mol. The number of rotatable bonds is 8. The van der Waals surface area contributed by atoms with E-state index in [9.17, 15) is 19.4 Å². The summed E-state index contributed by atoms with van der Waals surface area (Å²) in [5, 5.41) is 22.0. The molecule has 38 heavy (non-hydrogen) atoms. The number of fused-ring (bicyclic) bond motifs is 1. The SMILES string of the molecule is COc1ccc2ncc(Cl)c([C@@H](O)CCC3(CC(=O)O)CCN(CC#Cc4ccc(F)c(Cl)c4)CC3)c2c1. The van der Waals surface area contributed by atoms with Crippen molar-refractivity contribution in [3.63, 3.8) is 0 Å². The van der Waals surface area contributed by atoms with Crippen molar-refractivity contribution in [2.24, 2.45) is 5.41 Å². The largest absolute Gasteiger partial charge is 0.497 e. The van der Waals surface area contributed by atoms with Crippen molar-refractivity contribution in [3.8, 4) is 17.6 Å². The van der Waals surface area contributed by atoms with Gasteiger partial charge in [-0.2, -0.15) is 0 Å². The number of nitrogens with zero attached hydrogens (tertiary/aromatic N) is 2. The Kier molecular flexibility index (Phi) is 9.11. The number of methoxy groups -OCH3 is 1. The first-order chi connectivity index (χ1) is 18.2. The van der Waals surface area contributed by atoms with Crippen LogP contribution in [0.25, 0.3) is 10.9 Å². The van der Waals surface area contributed by atoms with Gasteiger partial charge in [-0.15, -0.1) is 0 Å². The Bertz CT molecular complexity index is 1380. The smallest absolute Gasteiger partial charge is 0.303 e. The Balaban J connectivity index is 1.42. The molecule has 1 aromatic heterocycles. The molecule has 1 saturated heterocycles. The van der Waals surface area contributed by atoms with Crippen molar-refractivity contribution in [1.29, 1.82) is 0 Å². The van der Waals surface area contributed by atoms with E-state index in [0.717, 1.165) is 0 Å². The minimum Gasteiger partial charge on any atom is -0.497 e. The lowest BCUT2D eigenvalue weighted by atomic mass is 9.71. The summed E-state index contributed by atoms with van der Waals surface area (Å²) >= 11 is 12.3. The van der Waals surface area contributed by atoms with E-state index in [0.29, 0.717) is 78.1 Å². The van der Waals surface area contributed by atoms with Gasteiger partial charge in [0.05, 0.1) is 41.7 Å². The number of aliphatic hydroxyl groups is 1. The molecule has 2 heterocycles. The normalized spacial score (nSPS) is 16.0. The molecule has 1 aliphatic heterocycles. The molecule has 9 heteroatoms. The highest BCUT2D eigenvalue weighted by Gasteiger charge is 2.37. The van der Waals surface area contributed by atoms with Crippen molar-refractivity contribution >= 4 is 40.1 Å². The van der Waals surface area contributed by atoms with Crippen molar-refractivity contribution in [2.75, 3.05) is 26.7 Å².